The Labute approximate surface area is 199 Å². The molecule has 1 amide bonds. The first-order valence-corrected chi connectivity index (χ1v) is 10.6. The van der Waals surface area contributed by atoms with Crippen molar-refractivity contribution < 1.29 is 79.2 Å². The van der Waals surface area contributed by atoms with Gasteiger partial charge in [0.25, 0.3) is 0 Å². The van der Waals surface area contributed by atoms with Gasteiger partial charge in [0.2, 0.25) is 0 Å². The molecule has 0 aromatic heterocycles. The molecule has 0 spiro atoms. The van der Waals surface area contributed by atoms with Gasteiger partial charge in [-0.3, -0.25) is 0 Å². The lowest BCUT2D eigenvalue weighted by molar-refractivity contribution is -0.440. The molecule has 0 radical (unpaired) electrons. The number of carbonyl (C=O) groups is 1. The van der Waals surface area contributed by atoms with Gasteiger partial charge in [-0.25, -0.2) is 4.79 Å². The van der Waals surface area contributed by atoms with E-state index in [4.69, 9.17) is 0 Å². The number of ether oxygens (including phenoxy) is 1. The van der Waals surface area contributed by atoms with E-state index in [1.54, 1.807) is 0 Å². The van der Waals surface area contributed by atoms with E-state index < -0.39 is 65.2 Å². The quantitative estimate of drug-likeness (QED) is 0.349. The van der Waals surface area contributed by atoms with Crippen molar-refractivity contribution in [3.05, 3.63) is 29.3 Å². The van der Waals surface area contributed by atoms with Crippen LogP contribution >= 0.6 is 0 Å². The third kappa shape index (κ3) is 6.08. The molecule has 1 N–H and O–H groups in total. The Morgan fingerprint density at radius 1 is 0.784 bits per heavy atom. The number of hydrogen-bond acceptors (Lipinski definition) is 5. The number of hydrogen-bond donors (Lipinski definition) is 1. The van der Waals surface area contributed by atoms with Crippen molar-refractivity contribution in [1.82, 2.24) is 4.72 Å². The molecule has 0 saturated heterocycles. The van der Waals surface area contributed by atoms with Gasteiger partial charge in [-0.05, 0) is 25.0 Å². The molecular formula is C17H14F13NO5S. The van der Waals surface area contributed by atoms with Gasteiger partial charge in [0, 0.05) is 0 Å². The molecule has 214 valence electrons. The molecule has 20 heteroatoms. The van der Waals surface area contributed by atoms with E-state index in [0.29, 0.717) is 0 Å². The van der Waals surface area contributed by atoms with Crippen molar-refractivity contribution in [2.45, 2.75) is 56.1 Å². The Morgan fingerprint density at radius 2 is 1.22 bits per heavy atom. The Kier molecular flexibility index (Phi) is 8.66. The maximum absolute atomic E-state index is 13.6. The van der Waals surface area contributed by atoms with Crippen molar-refractivity contribution in [3.63, 3.8) is 0 Å². The van der Waals surface area contributed by atoms with Crippen molar-refractivity contribution in [2.24, 2.45) is 0 Å². The minimum Gasteiger partial charge on any atom is -0.449 e. The predicted molar refractivity (Wildman–Crippen MR) is 95.4 cm³/mol. The van der Waals surface area contributed by atoms with Crippen LogP contribution < -0.4 is 8.91 Å². The number of nitrogens with one attached hydrogen (secondary N) is 1. The molecule has 37 heavy (non-hydrogen) atoms. The van der Waals surface area contributed by atoms with E-state index in [2.05, 4.69) is 8.92 Å². The minimum atomic E-state index is -8.07. The summed E-state index contributed by atoms with van der Waals surface area (Å²) in [5.74, 6) is -38.3. The number of halogens is 13. The van der Waals surface area contributed by atoms with E-state index in [1.165, 1.54) is 32.0 Å². The molecule has 0 atom stereocenters. The van der Waals surface area contributed by atoms with E-state index in [1.807, 2.05) is 0 Å². The molecule has 0 aliphatic heterocycles. The molecule has 0 saturated carbocycles. The average Bonchev–Trinajstić information content (AvgIpc) is 2.68. The molecule has 0 bridgehead atoms. The van der Waals surface area contributed by atoms with Gasteiger partial charge in [-0.1, -0.05) is 18.2 Å². The second-order valence-corrected chi connectivity index (χ2v) is 8.53. The second kappa shape index (κ2) is 9.90. The number of para-hydroxylation sites is 1. The van der Waals surface area contributed by atoms with Crippen LogP contribution in [0.5, 0.6) is 5.75 Å². The molecule has 1 rings (SSSR count). The van der Waals surface area contributed by atoms with Crippen molar-refractivity contribution in [3.8, 4) is 5.75 Å². The smallest absolute Gasteiger partial charge is 0.449 e. The zero-order valence-corrected chi connectivity index (χ0v) is 18.8. The predicted octanol–water partition coefficient (Wildman–Crippen LogP) is 5.78. The van der Waals surface area contributed by atoms with Crippen LogP contribution in [0.25, 0.3) is 0 Å². The summed E-state index contributed by atoms with van der Waals surface area (Å²) in [6.07, 6.45) is -12.6. The van der Waals surface area contributed by atoms with Gasteiger partial charge in [0.05, 0.1) is 13.0 Å². The molecule has 6 nitrogen and oxygen atoms in total. The fourth-order valence-electron chi connectivity index (χ4n) is 2.42. The number of amides is 1. The lowest BCUT2D eigenvalue weighted by Crippen LogP contribution is -2.70. The van der Waals surface area contributed by atoms with Crippen LogP contribution in [0.2, 0.25) is 0 Å². The second-order valence-electron chi connectivity index (χ2n) is 7.25. The number of alkyl halides is 13. The monoisotopic (exact) mass is 591 g/mol. The summed E-state index contributed by atoms with van der Waals surface area (Å²) in [4.78, 5) is 11.4. The summed E-state index contributed by atoms with van der Waals surface area (Å²) in [6.45, 7) is 0.593. The van der Waals surface area contributed by atoms with Crippen LogP contribution in [-0.4, -0.2) is 56.9 Å². The van der Waals surface area contributed by atoms with Crippen LogP contribution in [0.3, 0.4) is 0 Å². The van der Waals surface area contributed by atoms with Crippen molar-refractivity contribution >= 4 is 16.4 Å². The van der Waals surface area contributed by atoms with Crippen molar-refractivity contribution in [2.75, 3.05) is 6.61 Å². The SMILES string of the molecule is Cc1cccc(C)c1OS(=O)(=O)NC(=O)OCCC(F)(F)C(F)(F)C(F)(F)C(F)(F)C(F)(F)C(F)(F)F. The molecule has 1 aromatic carbocycles. The molecular weight excluding hydrogens is 577 g/mol. The summed E-state index contributed by atoms with van der Waals surface area (Å²) in [5, 5.41) is 0. The third-order valence-corrected chi connectivity index (χ3v) is 5.26. The Morgan fingerprint density at radius 3 is 1.65 bits per heavy atom. The number of carbonyl (C=O) groups excluding carboxylic acids is 1. The number of benzene rings is 1. The highest BCUT2D eigenvalue weighted by atomic mass is 32.2. The highest BCUT2D eigenvalue weighted by Gasteiger charge is 2.90. The Bertz CT molecular complexity index is 1080. The molecule has 0 aliphatic carbocycles. The summed E-state index contributed by atoms with van der Waals surface area (Å²) in [7, 11) is -5.12. The summed E-state index contributed by atoms with van der Waals surface area (Å²) in [6, 6.07) is 4.20. The first-order valence-electron chi connectivity index (χ1n) is 9.16. The lowest BCUT2D eigenvalue weighted by atomic mass is 9.93. The normalized spacial score (nSPS) is 14.4. The van der Waals surface area contributed by atoms with E-state index in [0.717, 1.165) is 4.72 Å². The van der Waals surface area contributed by atoms with Crippen LogP contribution in [0.15, 0.2) is 18.2 Å². The van der Waals surface area contributed by atoms with Crippen LogP contribution in [-0.2, 0) is 15.0 Å². The zero-order chi connectivity index (χ0) is 29.5. The molecule has 0 fully saturated rings. The summed E-state index contributed by atoms with van der Waals surface area (Å²) in [5.41, 5.74) is 0.434. The van der Waals surface area contributed by atoms with E-state index >= 15 is 0 Å². The first kappa shape index (κ1) is 32.4. The number of rotatable bonds is 10. The fraction of sp³-hybridized carbons (Fsp3) is 0.588. The van der Waals surface area contributed by atoms with Crippen LogP contribution in [0.1, 0.15) is 17.5 Å². The Balaban J connectivity index is 2.97. The van der Waals surface area contributed by atoms with Gasteiger partial charge in [-0.15, -0.1) is 0 Å². The van der Waals surface area contributed by atoms with Gasteiger partial charge in [-0.2, -0.15) is 70.2 Å². The third-order valence-electron chi connectivity index (χ3n) is 4.46. The highest BCUT2D eigenvalue weighted by Crippen LogP contribution is 2.60. The zero-order valence-electron chi connectivity index (χ0n) is 18.0. The van der Waals surface area contributed by atoms with Crippen molar-refractivity contribution in [1.29, 1.82) is 0 Å². The maximum Gasteiger partial charge on any atom is 0.460 e. The van der Waals surface area contributed by atoms with Gasteiger partial charge >= 0.3 is 52.2 Å². The standard InChI is InChI=1S/C17H14F13NO5S/c1-8-4-3-5-9(2)10(8)36-37(33,34)31-11(32)35-7-6-12(18,19)13(20,21)14(22,23)15(24,25)16(26,27)17(28,29)30/h3-5H,6-7H2,1-2H3,(H,31,32). The van der Waals surface area contributed by atoms with Gasteiger partial charge < -0.3 is 8.92 Å². The summed E-state index contributed by atoms with van der Waals surface area (Å²) >= 11 is 0. The molecule has 0 aliphatic rings. The molecule has 1 aromatic rings. The fourth-order valence-corrected chi connectivity index (χ4v) is 3.21. The minimum absolute atomic E-state index is 0.217. The average molecular weight is 591 g/mol. The van der Waals surface area contributed by atoms with E-state index in [-0.39, 0.29) is 16.9 Å². The molecule has 0 heterocycles. The molecule has 0 unspecified atom stereocenters. The summed E-state index contributed by atoms with van der Waals surface area (Å²) < 4.78 is 202. The number of aryl methyl sites for hydroxylation is 2. The topological polar surface area (TPSA) is 81.7 Å². The first-order chi connectivity index (χ1) is 16.3. The van der Waals surface area contributed by atoms with Gasteiger partial charge in [0.1, 0.15) is 5.75 Å². The maximum atomic E-state index is 13.6. The Hall–Kier alpha value is -2.67. The van der Waals surface area contributed by atoms with E-state index in [9.17, 15) is 70.3 Å². The van der Waals surface area contributed by atoms with Gasteiger partial charge in [0.15, 0.2) is 0 Å². The highest BCUT2D eigenvalue weighted by molar-refractivity contribution is 7.85. The largest absolute Gasteiger partial charge is 0.460 e. The van der Waals surface area contributed by atoms with Crippen LogP contribution in [0.4, 0.5) is 61.9 Å². The lowest BCUT2D eigenvalue weighted by Gasteiger charge is -2.39. The van der Waals surface area contributed by atoms with Crippen LogP contribution in [0, 0.1) is 13.8 Å².